The lowest BCUT2D eigenvalue weighted by Crippen LogP contribution is -2.36. The Labute approximate surface area is 200 Å². The number of carbonyl (C=O) groups excluding carboxylic acids is 2. The Hall–Kier alpha value is -3.49. The molecule has 0 saturated carbocycles. The molecule has 0 spiro atoms. The molecule has 0 aliphatic carbocycles. The molecule has 2 amide bonds. The van der Waals surface area contributed by atoms with E-state index in [4.69, 9.17) is 16.0 Å². The van der Waals surface area contributed by atoms with Gasteiger partial charge in [0.1, 0.15) is 0 Å². The molecular weight excluding hydrogens is 460 g/mol. The molecule has 0 aliphatic rings. The third-order valence-corrected chi connectivity index (χ3v) is 6.09. The van der Waals surface area contributed by atoms with Gasteiger partial charge in [0.05, 0.1) is 22.0 Å². The van der Waals surface area contributed by atoms with Crippen molar-refractivity contribution in [3.05, 3.63) is 87.4 Å². The fourth-order valence-corrected chi connectivity index (χ4v) is 3.99. The first-order chi connectivity index (χ1) is 15.9. The number of halogens is 1. The topological polar surface area (TPSA) is 88.3 Å². The molecule has 168 valence electrons. The number of amides is 2. The van der Waals surface area contributed by atoms with Gasteiger partial charge in [-0.15, -0.1) is 21.5 Å². The van der Waals surface area contributed by atoms with Gasteiger partial charge in [-0.2, -0.15) is 0 Å². The Morgan fingerprint density at radius 2 is 1.82 bits per heavy atom. The third kappa shape index (κ3) is 5.30. The van der Waals surface area contributed by atoms with Crippen LogP contribution in [-0.2, 0) is 6.54 Å². The van der Waals surface area contributed by atoms with Crippen molar-refractivity contribution in [2.24, 2.45) is 0 Å². The Balaban J connectivity index is 1.46. The fourth-order valence-electron chi connectivity index (χ4n) is 3.16. The number of rotatable bonds is 7. The van der Waals surface area contributed by atoms with Gasteiger partial charge in [0.25, 0.3) is 11.8 Å². The normalized spacial score (nSPS) is 10.9. The predicted molar refractivity (Wildman–Crippen MR) is 128 cm³/mol. The van der Waals surface area contributed by atoms with Crippen molar-refractivity contribution in [3.8, 4) is 11.5 Å². The van der Waals surface area contributed by atoms with Gasteiger partial charge in [-0.25, -0.2) is 0 Å². The molecule has 0 radical (unpaired) electrons. The van der Waals surface area contributed by atoms with Gasteiger partial charge in [0.15, 0.2) is 0 Å². The van der Waals surface area contributed by atoms with Crippen LogP contribution in [0.2, 0.25) is 5.02 Å². The lowest BCUT2D eigenvalue weighted by molar-refractivity contribution is 0.0672. The van der Waals surface area contributed by atoms with Crippen LogP contribution in [0.25, 0.3) is 11.5 Å². The van der Waals surface area contributed by atoms with Crippen LogP contribution in [0.4, 0.5) is 5.69 Å². The number of benzene rings is 2. The van der Waals surface area contributed by atoms with Gasteiger partial charge in [0.2, 0.25) is 11.8 Å². The molecule has 0 fully saturated rings. The summed E-state index contributed by atoms with van der Waals surface area (Å²) in [5.74, 6) is 0.251. The van der Waals surface area contributed by atoms with E-state index in [1.807, 2.05) is 37.4 Å². The maximum atomic E-state index is 13.2. The van der Waals surface area contributed by atoms with Crippen molar-refractivity contribution < 1.29 is 14.0 Å². The monoisotopic (exact) mass is 480 g/mol. The number of anilines is 1. The second kappa shape index (κ2) is 9.97. The van der Waals surface area contributed by atoms with Crippen molar-refractivity contribution in [3.63, 3.8) is 0 Å². The molecule has 2 aromatic carbocycles. The number of aromatic nitrogens is 2. The van der Waals surface area contributed by atoms with Crippen LogP contribution in [0.3, 0.4) is 0 Å². The number of thiophene rings is 1. The Bertz CT molecular complexity index is 1250. The molecule has 0 bridgehead atoms. The number of nitrogens with zero attached hydrogens (tertiary/aromatic N) is 3. The van der Waals surface area contributed by atoms with Gasteiger partial charge in [0, 0.05) is 17.3 Å². The van der Waals surface area contributed by atoms with Gasteiger partial charge in [-0.05, 0) is 61.7 Å². The van der Waals surface area contributed by atoms with Crippen molar-refractivity contribution >= 4 is 40.4 Å². The van der Waals surface area contributed by atoms with Crippen molar-refractivity contribution in [1.29, 1.82) is 0 Å². The standard InChI is InChI=1S/C24H21ClN4O3S/c1-15(2)29(14-21-27-28-23(32-21)18-6-3-4-7-19(18)25)24(31)16-9-11-17(12-10-16)26-22(30)20-8-5-13-33-20/h3-13,15H,14H2,1-2H3,(H,26,30). The average Bonchev–Trinajstić information content (AvgIpc) is 3.50. The average molecular weight is 481 g/mol. The van der Waals surface area contributed by atoms with Crippen LogP contribution in [0.5, 0.6) is 0 Å². The van der Waals surface area contributed by atoms with E-state index in [0.29, 0.717) is 38.5 Å². The molecular formula is C24H21ClN4O3S. The molecule has 0 atom stereocenters. The quantitative estimate of drug-likeness (QED) is 0.363. The van der Waals surface area contributed by atoms with Gasteiger partial charge in [-0.3, -0.25) is 9.59 Å². The van der Waals surface area contributed by atoms with E-state index in [1.54, 1.807) is 47.4 Å². The van der Waals surface area contributed by atoms with Crippen molar-refractivity contribution in [2.75, 3.05) is 5.32 Å². The molecule has 2 aromatic heterocycles. The zero-order chi connectivity index (χ0) is 23.4. The highest BCUT2D eigenvalue weighted by molar-refractivity contribution is 7.12. The molecule has 1 N–H and O–H groups in total. The molecule has 0 aliphatic heterocycles. The zero-order valence-electron chi connectivity index (χ0n) is 18.0. The fraction of sp³-hybridized carbons (Fsp3) is 0.167. The van der Waals surface area contributed by atoms with E-state index in [2.05, 4.69) is 15.5 Å². The smallest absolute Gasteiger partial charge is 0.265 e. The Kier molecular flexibility index (Phi) is 6.86. The van der Waals surface area contributed by atoms with Crippen LogP contribution in [0.15, 0.2) is 70.5 Å². The molecule has 9 heteroatoms. The van der Waals surface area contributed by atoms with Crippen LogP contribution >= 0.6 is 22.9 Å². The lowest BCUT2D eigenvalue weighted by Gasteiger charge is -2.25. The molecule has 2 heterocycles. The van der Waals surface area contributed by atoms with Gasteiger partial charge >= 0.3 is 0 Å². The minimum absolute atomic E-state index is 0.105. The number of hydrogen-bond donors (Lipinski definition) is 1. The highest BCUT2D eigenvalue weighted by atomic mass is 35.5. The summed E-state index contributed by atoms with van der Waals surface area (Å²) < 4.78 is 5.77. The summed E-state index contributed by atoms with van der Waals surface area (Å²) >= 11 is 7.58. The van der Waals surface area contributed by atoms with Gasteiger partial charge < -0.3 is 14.6 Å². The first-order valence-corrected chi connectivity index (χ1v) is 11.5. The second-order valence-corrected chi connectivity index (χ2v) is 8.87. The third-order valence-electron chi connectivity index (χ3n) is 4.90. The van der Waals surface area contributed by atoms with Crippen molar-refractivity contribution in [1.82, 2.24) is 15.1 Å². The Morgan fingerprint density at radius 3 is 2.48 bits per heavy atom. The molecule has 4 aromatic rings. The summed E-state index contributed by atoms with van der Waals surface area (Å²) in [5.41, 5.74) is 1.74. The molecule has 7 nitrogen and oxygen atoms in total. The van der Waals surface area contributed by atoms with Crippen LogP contribution in [0, 0.1) is 0 Å². The highest BCUT2D eigenvalue weighted by Crippen LogP contribution is 2.27. The summed E-state index contributed by atoms with van der Waals surface area (Å²) in [5, 5.41) is 13.3. The number of hydrogen-bond acceptors (Lipinski definition) is 6. The van der Waals surface area contributed by atoms with E-state index in [1.165, 1.54) is 11.3 Å². The molecule has 0 saturated heterocycles. The SMILES string of the molecule is CC(C)N(Cc1nnc(-c2ccccc2Cl)o1)C(=O)c1ccc(NC(=O)c2cccs2)cc1. The van der Waals surface area contributed by atoms with E-state index in [-0.39, 0.29) is 24.4 Å². The summed E-state index contributed by atoms with van der Waals surface area (Å²) in [6, 6.07) is 17.5. The van der Waals surface area contributed by atoms with Gasteiger partial charge in [-0.1, -0.05) is 29.8 Å². The number of nitrogens with one attached hydrogen (secondary N) is 1. The first kappa shape index (κ1) is 22.7. The maximum absolute atomic E-state index is 13.2. The minimum atomic E-state index is -0.182. The summed E-state index contributed by atoms with van der Waals surface area (Å²) in [6.45, 7) is 3.99. The lowest BCUT2D eigenvalue weighted by atomic mass is 10.1. The largest absolute Gasteiger partial charge is 0.419 e. The Morgan fingerprint density at radius 1 is 1.06 bits per heavy atom. The summed E-state index contributed by atoms with van der Waals surface area (Å²) in [7, 11) is 0. The minimum Gasteiger partial charge on any atom is -0.419 e. The summed E-state index contributed by atoms with van der Waals surface area (Å²) in [4.78, 5) is 27.6. The predicted octanol–water partition coefficient (Wildman–Crippen LogP) is 5.75. The maximum Gasteiger partial charge on any atom is 0.265 e. The second-order valence-electron chi connectivity index (χ2n) is 7.52. The highest BCUT2D eigenvalue weighted by Gasteiger charge is 2.22. The zero-order valence-corrected chi connectivity index (χ0v) is 19.6. The van der Waals surface area contributed by atoms with E-state index >= 15 is 0 Å². The first-order valence-electron chi connectivity index (χ1n) is 10.3. The molecule has 4 rings (SSSR count). The molecule has 0 unspecified atom stereocenters. The van der Waals surface area contributed by atoms with E-state index in [0.717, 1.165) is 0 Å². The van der Waals surface area contributed by atoms with Crippen LogP contribution in [0.1, 0.15) is 39.8 Å². The van der Waals surface area contributed by atoms with E-state index < -0.39 is 0 Å². The summed E-state index contributed by atoms with van der Waals surface area (Å²) in [6.07, 6.45) is 0. The van der Waals surface area contributed by atoms with E-state index in [9.17, 15) is 9.59 Å². The number of carbonyl (C=O) groups is 2. The van der Waals surface area contributed by atoms with Crippen molar-refractivity contribution in [2.45, 2.75) is 26.4 Å². The van der Waals surface area contributed by atoms with Crippen LogP contribution in [-0.4, -0.2) is 33.0 Å². The van der Waals surface area contributed by atoms with Crippen LogP contribution < -0.4 is 5.32 Å². The molecule has 33 heavy (non-hydrogen) atoms.